The molecule has 1 aliphatic rings. The first-order chi connectivity index (χ1) is 14.1. The van der Waals surface area contributed by atoms with E-state index in [4.69, 9.17) is 0 Å². The number of benzene rings is 2. The van der Waals surface area contributed by atoms with Gasteiger partial charge in [-0.25, -0.2) is 4.39 Å². The second kappa shape index (κ2) is 8.75. The zero-order valence-corrected chi connectivity index (χ0v) is 17.0. The van der Waals surface area contributed by atoms with Crippen LogP contribution in [0.2, 0.25) is 0 Å². The first kappa shape index (κ1) is 19.6. The summed E-state index contributed by atoms with van der Waals surface area (Å²) in [5.74, 6) is 0.413. The van der Waals surface area contributed by atoms with Gasteiger partial charge in [-0.05, 0) is 31.3 Å². The summed E-state index contributed by atoms with van der Waals surface area (Å²) in [4.78, 5) is 16.7. The normalized spacial score (nSPS) is 14.9. The van der Waals surface area contributed by atoms with Crippen molar-refractivity contribution in [3.63, 3.8) is 0 Å². The Morgan fingerprint density at radius 3 is 2.41 bits per heavy atom. The molecule has 0 unspecified atom stereocenters. The molecular weight excluding hydrogens is 389 g/mol. The van der Waals surface area contributed by atoms with Gasteiger partial charge in [0.2, 0.25) is 5.91 Å². The third kappa shape index (κ3) is 4.33. The number of halogens is 1. The number of hydrogen-bond donors (Lipinski definition) is 0. The third-order valence-electron chi connectivity index (χ3n) is 4.94. The smallest absolute Gasteiger partial charge is 0.233 e. The predicted octanol–water partition coefficient (Wildman–Crippen LogP) is 2.94. The number of aromatic nitrogens is 3. The fourth-order valence-electron chi connectivity index (χ4n) is 3.26. The summed E-state index contributed by atoms with van der Waals surface area (Å²) in [7, 11) is 2.06. The van der Waals surface area contributed by atoms with Crippen LogP contribution in [0.25, 0.3) is 17.1 Å². The standard InChI is InChI=1S/C21H22FN5OS/c1-25-11-13-26(14-12-25)19(28)15-29-21-24-23-20(17-9-5-6-10-18(17)22)27(21)16-7-3-2-4-8-16/h2-10H,11-15H2,1H3. The summed E-state index contributed by atoms with van der Waals surface area (Å²) in [6.45, 7) is 3.24. The summed E-state index contributed by atoms with van der Waals surface area (Å²) in [5.41, 5.74) is 1.20. The van der Waals surface area contributed by atoms with Gasteiger partial charge in [-0.15, -0.1) is 10.2 Å². The average Bonchev–Trinajstić information content (AvgIpc) is 3.17. The quantitative estimate of drug-likeness (QED) is 0.605. The van der Waals surface area contributed by atoms with E-state index in [9.17, 15) is 9.18 Å². The van der Waals surface area contributed by atoms with Gasteiger partial charge in [0.1, 0.15) is 5.82 Å². The average molecular weight is 412 g/mol. The Balaban J connectivity index is 1.60. The summed E-state index contributed by atoms with van der Waals surface area (Å²) >= 11 is 1.33. The highest BCUT2D eigenvalue weighted by Crippen LogP contribution is 2.29. The number of rotatable bonds is 5. The van der Waals surface area contributed by atoms with E-state index in [2.05, 4.69) is 22.1 Å². The number of nitrogens with zero attached hydrogens (tertiary/aromatic N) is 5. The fraction of sp³-hybridized carbons (Fsp3) is 0.286. The number of para-hydroxylation sites is 1. The number of hydrogen-bond acceptors (Lipinski definition) is 5. The number of carbonyl (C=O) groups excluding carboxylic acids is 1. The molecule has 4 rings (SSSR count). The van der Waals surface area contributed by atoms with Crippen LogP contribution >= 0.6 is 11.8 Å². The van der Waals surface area contributed by atoms with Crippen molar-refractivity contribution in [2.45, 2.75) is 5.16 Å². The van der Waals surface area contributed by atoms with Gasteiger partial charge in [0, 0.05) is 31.9 Å². The van der Waals surface area contributed by atoms with Gasteiger partial charge >= 0.3 is 0 Å². The maximum atomic E-state index is 14.4. The van der Waals surface area contributed by atoms with Crippen LogP contribution in [-0.4, -0.2) is 69.5 Å². The van der Waals surface area contributed by atoms with E-state index >= 15 is 0 Å². The van der Waals surface area contributed by atoms with Gasteiger partial charge in [0.15, 0.2) is 11.0 Å². The first-order valence-electron chi connectivity index (χ1n) is 9.48. The molecule has 3 aromatic rings. The molecule has 2 heterocycles. The van der Waals surface area contributed by atoms with E-state index in [1.807, 2.05) is 35.2 Å². The second-order valence-corrected chi connectivity index (χ2v) is 7.87. The molecule has 1 aliphatic heterocycles. The molecule has 6 nitrogen and oxygen atoms in total. The van der Waals surface area contributed by atoms with Crippen molar-refractivity contribution in [2.75, 3.05) is 39.0 Å². The molecule has 0 radical (unpaired) electrons. The van der Waals surface area contributed by atoms with Crippen molar-refractivity contribution in [1.29, 1.82) is 0 Å². The molecule has 150 valence electrons. The van der Waals surface area contributed by atoms with Crippen LogP contribution < -0.4 is 0 Å². The summed E-state index contributed by atoms with van der Waals surface area (Å²) in [5, 5.41) is 9.08. The number of piperazine rings is 1. The Labute approximate surface area is 173 Å². The molecule has 1 saturated heterocycles. The first-order valence-corrected chi connectivity index (χ1v) is 10.5. The molecule has 0 N–H and O–H groups in total. The van der Waals surface area contributed by atoms with Crippen molar-refractivity contribution in [2.24, 2.45) is 0 Å². The molecule has 1 aromatic heterocycles. The third-order valence-corrected chi connectivity index (χ3v) is 5.86. The Hall–Kier alpha value is -2.71. The number of carbonyl (C=O) groups is 1. The molecule has 0 saturated carbocycles. The van der Waals surface area contributed by atoms with Crippen LogP contribution in [0.1, 0.15) is 0 Å². The van der Waals surface area contributed by atoms with Gasteiger partial charge < -0.3 is 9.80 Å². The molecule has 29 heavy (non-hydrogen) atoms. The molecule has 0 atom stereocenters. The minimum atomic E-state index is -0.359. The topological polar surface area (TPSA) is 54.3 Å². The summed E-state index contributed by atoms with van der Waals surface area (Å²) in [6, 6.07) is 16.1. The van der Waals surface area contributed by atoms with Gasteiger partial charge in [-0.2, -0.15) is 0 Å². The minimum Gasteiger partial charge on any atom is -0.339 e. The molecule has 0 bridgehead atoms. The van der Waals surface area contributed by atoms with E-state index in [0.29, 0.717) is 16.5 Å². The van der Waals surface area contributed by atoms with Crippen molar-refractivity contribution in [3.05, 3.63) is 60.4 Å². The molecule has 1 fully saturated rings. The number of amides is 1. The van der Waals surface area contributed by atoms with Crippen LogP contribution in [0.4, 0.5) is 4.39 Å². The maximum absolute atomic E-state index is 14.4. The van der Waals surface area contributed by atoms with Crippen molar-refractivity contribution in [1.82, 2.24) is 24.6 Å². The minimum absolute atomic E-state index is 0.0816. The van der Waals surface area contributed by atoms with Crippen LogP contribution in [0, 0.1) is 5.82 Å². The van der Waals surface area contributed by atoms with Gasteiger partial charge in [0.05, 0.1) is 11.3 Å². The Morgan fingerprint density at radius 2 is 1.69 bits per heavy atom. The Morgan fingerprint density at radius 1 is 1.00 bits per heavy atom. The van der Waals surface area contributed by atoms with Crippen LogP contribution in [0.3, 0.4) is 0 Å². The van der Waals surface area contributed by atoms with E-state index in [1.54, 1.807) is 22.8 Å². The molecule has 0 aliphatic carbocycles. The monoisotopic (exact) mass is 411 g/mol. The molecule has 8 heteroatoms. The van der Waals surface area contributed by atoms with Gasteiger partial charge in [-0.1, -0.05) is 42.1 Å². The van der Waals surface area contributed by atoms with E-state index in [-0.39, 0.29) is 17.5 Å². The highest BCUT2D eigenvalue weighted by atomic mass is 32.2. The number of likely N-dealkylation sites (N-methyl/N-ethyl adjacent to an activating group) is 1. The van der Waals surface area contributed by atoms with Crippen LogP contribution in [0.5, 0.6) is 0 Å². The van der Waals surface area contributed by atoms with Crippen molar-refractivity contribution in [3.8, 4) is 17.1 Å². The summed E-state index contributed by atoms with van der Waals surface area (Å²) < 4.78 is 16.2. The second-order valence-electron chi connectivity index (χ2n) is 6.93. The van der Waals surface area contributed by atoms with E-state index < -0.39 is 0 Å². The summed E-state index contributed by atoms with van der Waals surface area (Å²) in [6.07, 6.45) is 0. The fourth-order valence-corrected chi connectivity index (χ4v) is 4.12. The van der Waals surface area contributed by atoms with Gasteiger partial charge in [-0.3, -0.25) is 9.36 Å². The molecule has 2 aromatic carbocycles. The maximum Gasteiger partial charge on any atom is 0.233 e. The Bertz CT molecular complexity index is 986. The lowest BCUT2D eigenvalue weighted by Gasteiger charge is -2.32. The SMILES string of the molecule is CN1CCN(C(=O)CSc2nnc(-c3ccccc3F)n2-c2ccccc2)CC1. The zero-order valence-electron chi connectivity index (χ0n) is 16.2. The lowest BCUT2D eigenvalue weighted by atomic mass is 10.2. The van der Waals surface area contributed by atoms with Crippen LogP contribution in [0.15, 0.2) is 59.8 Å². The lowest BCUT2D eigenvalue weighted by molar-refractivity contribution is -0.129. The van der Waals surface area contributed by atoms with E-state index in [1.165, 1.54) is 17.8 Å². The highest BCUT2D eigenvalue weighted by Gasteiger charge is 2.22. The number of thioether (sulfide) groups is 1. The predicted molar refractivity (Wildman–Crippen MR) is 112 cm³/mol. The highest BCUT2D eigenvalue weighted by molar-refractivity contribution is 7.99. The van der Waals surface area contributed by atoms with E-state index in [0.717, 1.165) is 31.9 Å². The lowest BCUT2D eigenvalue weighted by Crippen LogP contribution is -2.47. The zero-order chi connectivity index (χ0) is 20.2. The van der Waals surface area contributed by atoms with Gasteiger partial charge in [0.25, 0.3) is 0 Å². The van der Waals surface area contributed by atoms with Crippen LogP contribution in [-0.2, 0) is 4.79 Å². The molecular formula is C21H22FN5OS. The molecule has 1 amide bonds. The van der Waals surface area contributed by atoms with Crippen molar-refractivity contribution < 1.29 is 9.18 Å². The molecule has 0 spiro atoms. The van der Waals surface area contributed by atoms with Crippen molar-refractivity contribution >= 4 is 17.7 Å². The largest absolute Gasteiger partial charge is 0.339 e. The Kier molecular flexibility index (Phi) is 5.92.